The van der Waals surface area contributed by atoms with Crippen molar-refractivity contribution >= 4 is 5.95 Å². The van der Waals surface area contributed by atoms with Crippen molar-refractivity contribution in [1.29, 1.82) is 0 Å². The van der Waals surface area contributed by atoms with Crippen LogP contribution in [0.1, 0.15) is 17.7 Å². The summed E-state index contributed by atoms with van der Waals surface area (Å²) in [5, 5.41) is 11.0. The number of H-pyrrole nitrogens is 1. The van der Waals surface area contributed by atoms with Crippen LogP contribution in [0.4, 0.5) is 5.95 Å². The highest BCUT2D eigenvalue weighted by atomic mass is 16.5. The monoisotopic (exact) mass is 304 g/mol. The van der Waals surface area contributed by atoms with E-state index in [4.69, 9.17) is 9.47 Å². The van der Waals surface area contributed by atoms with Gasteiger partial charge in [-0.1, -0.05) is 12.1 Å². The van der Waals surface area contributed by atoms with Gasteiger partial charge in [-0.2, -0.15) is 0 Å². The number of benzene rings is 1. The van der Waals surface area contributed by atoms with Gasteiger partial charge in [-0.25, -0.2) is 0 Å². The van der Waals surface area contributed by atoms with Crippen molar-refractivity contribution in [3.8, 4) is 5.75 Å². The zero-order valence-electron chi connectivity index (χ0n) is 12.8. The Bertz CT molecular complexity index is 640. The molecule has 2 rings (SSSR count). The van der Waals surface area contributed by atoms with Gasteiger partial charge in [0.15, 0.2) is 0 Å². The van der Waals surface area contributed by atoms with Crippen LogP contribution in [0.3, 0.4) is 0 Å². The van der Waals surface area contributed by atoms with Crippen LogP contribution in [-0.4, -0.2) is 42.6 Å². The van der Waals surface area contributed by atoms with Crippen LogP contribution < -0.4 is 15.6 Å². The Hall–Kier alpha value is -2.41. The molecule has 7 heteroatoms. The Morgan fingerprint density at radius 1 is 1.18 bits per heavy atom. The Balaban J connectivity index is 1.98. The van der Waals surface area contributed by atoms with E-state index in [2.05, 4.69) is 20.5 Å². The molecule has 0 radical (unpaired) electrons. The van der Waals surface area contributed by atoms with Crippen molar-refractivity contribution < 1.29 is 9.47 Å². The molecule has 0 spiro atoms. The largest absolute Gasteiger partial charge is 0.497 e. The van der Waals surface area contributed by atoms with Gasteiger partial charge in [0.05, 0.1) is 7.11 Å². The molecule has 0 saturated heterocycles. The lowest BCUT2D eigenvalue weighted by molar-refractivity contribution is 0.197. The molecule has 0 fully saturated rings. The number of aromatic nitrogens is 3. The molecule has 0 aliphatic carbocycles. The maximum Gasteiger partial charge on any atom is 0.274 e. The number of ether oxygens (including phenoxy) is 2. The van der Waals surface area contributed by atoms with E-state index in [-0.39, 0.29) is 5.56 Å². The summed E-state index contributed by atoms with van der Waals surface area (Å²) in [6.45, 7) is 1.32. The smallest absolute Gasteiger partial charge is 0.274 e. The molecular weight excluding hydrogens is 284 g/mol. The van der Waals surface area contributed by atoms with E-state index in [1.165, 1.54) is 0 Å². The Kier molecular flexibility index (Phi) is 5.91. The maximum absolute atomic E-state index is 12.0. The van der Waals surface area contributed by atoms with Crippen LogP contribution >= 0.6 is 0 Å². The molecule has 0 atom stereocenters. The lowest BCUT2D eigenvalue weighted by Gasteiger charge is -2.05. The van der Waals surface area contributed by atoms with Gasteiger partial charge >= 0.3 is 0 Å². The van der Waals surface area contributed by atoms with Crippen molar-refractivity contribution in [1.82, 2.24) is 15.2 Å². The van der Waals surface area contributed by atoms with Crippen LogP contribution in [0.5, 0.6) is 5.75 Å². The molecule has 0 aliphatic rings. The number of anilines is 1. The number of nitrogens with one attached hydrogen (secondary N) is 2. The third-order valence-electron chi connectivity index (χ3n) is 3.11. The highest BCUT2D eigenvalue weighted by Crippen LogP contribution is 2.12. The normalized spacial score (nSPS) is 10.5. The standard InChI is InChI=1S/C15H20N4O3/c1-21-9-3-8-16-15-17-14(20)13(18-19-15)10-11-4-6-12(22-2)7-5-11/h4-7H,3,8-10H2,1-2H3,(H2,16,17,19,20). The summed E-state index contributed by atoms with van der Waals surface area (Å²) in [5.74, 6) is 1.15. The molecule has 0 amide bonds. The highest BCUT2D eigenvalue weighted by molar-refractivity contribution is 5.30. The predicted octanol–water partition coefficient (Wildman–Crippen LogP) is 1.21. The number of methoxy groups -OCH3 is 2. The van der Waals surface area contributed by atoms with E-state index in [9.17, 15) is 4.79 Å². The van der Waals surface area contributed by atoms with Gasteiger partial charge < -0.3 is 14.8 Å². The molecule has 0 aliphatic heterocycles. The first-order chi connectivity index (χ1) is 10.7. The molecule has 0 saturated carbocycles. The van der Waals surface area contributed by atoms with Crippen LogP contribution in [0.2, 0.25) is 0 Å². The minimum atomic E-state index is -0.236. The van der Waals surface area contributed by atoms with E-state index in [1.807, 2.05) is 24.3 Å². The van der Waals surface area contributed by atoms with Gasteiger partial charge in [0.2, 0.25) is 5.95 Å². The molecule has 2 aromatic rings. The molecule has 0 unspecified atom stereocenters. The first-order valence-corrected chi connectivity index (χ1v) is 7.04. The lowest BCUT2D eigenvalue weighted by atomic mass is 10.1. The first kappa shape index (κ1) is 16.0. The Morgan fingerprint density at radius 3 is 2.59 bits per heavy atom. The third kappa shape index (κ3) is 4.56. The second-order valence-corrected chi connectivity index (χ2v) is 4.75. The van der Waals surface area contributed by atoms with Crippen molar-refractivity contribution in [2.75, 3.05) is 32.7 Å². The summed E-state index contributed by atoms with van der Waals surface area (Å²) < 4.78 is 10.0. The van der Waals surface area contributed by atoms with E-state index >= 15 is 0 Å². The van der Waals surface area contributed by atoms with E-state index in [0.29, 0.717) is 31.2 Å². The average Bonchev–Trinajstić information content (AvgIpc) is 2.55. The number of nitrogens with zero attached hydrogens (tertiary/aromatic N) is 2. The summed E-state index contributed by atoms with van der Waals surface area (Å²) in [7, 11) is 3.26. The van der Waals surface area contributed by atoms with E-state index in [0.717, 1.165) is 17.7 Å². The van der Waals surface area contributed by atoms with Crippen LogP contribution in [0.25, 0.3) is 0 Å². The SMILES string of the molecule is COCCCNc1nnc(Cc2ccc(OC)cc2)c(=O)[nH]1. The van der Waals surface area contributed by atoms with Gasteiger partial charge in [-0.05, 0) is 24.1 Å². The van der Waals surface area contributed by atoms with Crippen molar-refractivity contribution in [3.63, 3.8) is 0 Å². The third-order valence-corrected chi connectivity index (χ3v) is 3.11. The van der Waals surface area contributed by atoms with Crippen molar-refractivity contribution in [3.05, 3.63) is 45.9 Å². The van der Waals surface area contributed by atoms with Crippen LogP contribution in [-0.2, 0) is 11.2 Å². The van der Waals surface area contributed by atoms with Crippen LogP contribution in [0, 0.1) is 0 Å². The zero-order chi connectivity index (χ0) is 15.8. The number of aromatic amines is 1. The van der Waals surface area contributed by atoms with Gasteiger partial charge in [-0.15, -0.1) is 10.2 Å². The maximum atomic E-state index is 12.0. The molecule has 1 aromatic heterocycles. The Labute approximate surface area is 128 Å². The van der Waals surface area contributed by atoms with Crippen molar-refractivity contribution in [2.24, 2.45) is 0 Å². The first-order valence-electron chi connectivity index (χ1n) is 7.04. The quantitative estimate of drug-likeness (QED) is 0.713. The average molecular weight is 304 g/mol. The van der Waals surface area contributed by atoms with E-state index in [1.54, 1.807) is 14.2 Å². The minimum Gasteiger partial charge on any atom is -0.497 e. The van der Waals surface area contributed by atoms with Gasteiger partial charge in [0.1, 0.15) is 11.4 Å². The number of hydrogen-bond donors (Lipinski definition) is 2. The van der Waals surface area contributed by atoms with Crippen molar-refractivity contribution in [2.45, 2.75) is 12.8 Å². The number of rotatable bonds is 8. The fourth-order valence-corrected chi connectivity index (χ4v) is 1.92. The van der Waals surface area contributed by atoms with Crippen LogP contribution in [0.15, 0.2) is 29.1 Å². The summed E-state index contributed by atoms with van der Waals surface area (Å²) in [5.41, 5.74) is 1.12. The molecule has 22 heavy (non-hydrogen) atoms. The summed E-state index contributed by atoms with van der Waals surface area (Å²) in [6.07, 6.45) is 1.25. The Morgan fingerprint density at radius 2 is 1.95 bits per heavy atom. The molecule has 1 heterocycles. The summed E-state index contributed by atoms with van der Waals surface area (Å²) in [4.78, 5) is 14.7. The zero-order valence-corrected chi connectivity index (χ0v) is 12.8. The summed E-state index contributed by atoms with van der Waals surface area (Å²) in [6, 6.07) is 7.50. The highest BCUT2D eigenvalue weighted by Gasteiger charge is 2.06. The van der Waals surface area contributed by atoms with Gasteiger partial charge in [0, 0.05) is 26.7 Å². The second-order valence-electron chi connectivity index (χ2n) is 4.75. The molecular formula is C15H20N4O3. The molecule has 1 aromatic carbocycles. The molecule has 0 bridgehead atoms. The second kappa shape index (κ2) is 8.14. The van der Waals surface area contributed by atoms with E-state index < -0.39 is 0 Å². The summed E-state index contributed by atoms with van der Waals surface area (Å²) >= 11 is 0. The molecule has 2 N–H and O–H groups in total. The molecule has 118 valence electrons. The van der Waals surface area contributed by atoms with Gasteiger partial charge in [0.25, 0.3) is 5.56 Å². The molecule has 7 nitrogen and oxygen atoms in total. The lowest BCUT2D eigenvalue weighted by Crippen LogP contribution is -2.20. The topological polar surface area (TPSA) is 89.1 Å². The fraction of sp³-hybridized carbons (Fsp3) is 0.400. The predicted molar refractivity (Wildman–Crippen MR) is 83.4 cm³/mol. The fourth-order valence-electron chi connectivity index (χ4n) is 1.92. The minimum absolute atomic E-state index is 0.236. The number of hydrogen-bond acceptors (Lipinski definition) is 6. The van der Waals surface area contributed by atoms with Gasteiger partial charge in [-0.3, -0.25) is 9.78 Å².